The lowest BCUT2D eigenvalue weighted by atomic mass is 9.69. The third kappa shape index (κ3) is 4.41. The van der Waals surface area contributed by atoms with Gasteiger partial charge in [0.1, 0.15) is 5.75 Å². The van der Waals surface area contributed by atoms with E-state index in [1.165, 1.54) is 0 Å². The second-order valence-electron chi connectivity index (χ2n) is 9.75. The highest BCUT2D eigenvalue weighted by Gasteiger charge is 2.44. The number of nitrogens with zero attached hydrogens (tertiary/aromatic N) is 2. The summed E-state index contributed by atoms with van der Waals surface area (Å²) < 4.78 is 5.39. The largest absolute Gasteiger partial charge is 0.497 e. The predicted octanol–water partition coefficient (Wildman–Crippen LogP) is 5.71. The molecule has 1 heterocycles. The molecule has 0 aromatic heterocycles. The molecule has 0 N–H and O–H groups in total. The van der Waals surface area contributed by atoms with Gasteiger partial charge in [-0.05, 0) is 55.5 Å². The molecule has 5 nitrogen and oxygen atoms in total. The molecule has 1 amide bonds. The molecule has 1 unspecified atom stereocenters. The van der Waals surface area contributed by atoms with Gasteiger partial charge in [0.15, 0.2) is 5.78 Å². The third-order valence-electron chi connectivity index (χ3n) is 6.88. The zero-order valence-corrected chi connectivity index (χ0v) is 20.4. The van der Waals surface area contributed by atoms with Gasteiger partial charge in [-0.15, -0.1) is 0 Å². The summed E-state index contributed by atoms with van der Waals surface area (Å²) in [6.45, 7) is 10.4. The highest BCUT2D eigenvalue weighted by Crippen LogP contribution is 2.48. The zero-order chi connectivity index (χ0) is 23.8. The van der Waals surface area contributed by atoms with Crippen molar-refractivity contribution in [3.05, 3.63) is 65.4 Å². The maximum Gasteiger partial charge on any atom is 0.232 e. The summed E-state index contributed by atoms with van der Waals surface area (Å²) in [5.74, 6) is 0.659. The van der Waals surface area contributed by atoms with E-state index in [1.54, 1.807) is 12.0 Å². The summed E-state index contributed by atoms with van der Waals surface area (Å²) >= 11 is 0. The lowest BCUT2D eigenvalue weighted by Gasteiger charge is -2.43. The topological polar surface area (TPSA) is 49.9 Å². The molecule has 0 saturated heterocycles. The van der Waals surface area contributed by atoms with Gasteiger partial charge in [0.05, 0.1) is 12.8 Å². The molecule has 2 aromatic rings. The molecule has 2 aromatic carbocycles. The van der Waals surface area contributed by atoms with Crippen molar-refractivity contribution in [2.45, 2.75) is 52.9 Å². The first-order valence-corrected chi connectivity index (χ1v) is 11.9. The van der Waals surface area contributed by atoms with Crippen LogP contribution in [0.15, 0.2) is 59.8 Å². The molecule has 4 rings (SSSR count). The standard InChI is InChI=1S/C28H34N2O3/c1-6-29(7-2)20-13-11-19(12-14-20)23-16-26(32)30(21-9-8-10-22(15-21)33-5)24-17-28(3,4)18-25(31)27(23)24/h8-15,23H,6-7,16-18H2,1-5H3. The van der Waals surface area contributed by atoms with Gasteiger partial charge in [-0.1, -0.05) is 32.0 Å². The molecule has 0 bridgehead atoms. The van der Waals surface area contributed by atoms with Crippen LogP contribution in [-0.2, 0) is 9.59 Å². The van der Waals surface area contributed by atoms with E-state index >= 15 is 0 Å². The number of methoxy groups -OCH3 is 1. The molecule has 2 aliphatic rings. The van der Waals surface area contributed by atoms with E-state index in [0.29, 0.717) is 18.6 Å². The third-order valence-corrected chi connectivity index (χ3v) is 6.88. The van der Waals surface area contributed by atoms with Gasteiger partial charge >= 0.3 is 0 Å². The summed E-state index contributed by atoms with van der Waals surface area (Å²) in [5, 5.41) is 0. The maximum atomic E-state index is 13.5. The molecule has 5 heteroatoms. The monoisotopic (exact) mass is 446 g/mol. The van der Waals surface area contributed by atoms with Crippen molar-refractivity contribution >= 4 is 23.1 Å². The average molecular weight is 447 g/mol. The SMILES string of the molecule is CCN(CC)c1ccc(C2CC(=O)N(c3cccc(OC)c3)C3=C2C(=O)CC(C)(C)C3)cc1. The number of allylic oxidation sites excluding steroid dienone is 2. The number of benzene rings is 2. The van der Waals surface area contributed by atoms with Crippen LogP contribution in [0.2, 0.25) is 0 Å². The Hall–Kier alpha value is -3.08. The molecule has 0 fully saturated rings. The fourth-order valence-electron chi connectivity index (χ4n) is 5.26. The Morgan fingerprint density at radius 1 is 1.03 bits per heavy atom. The Morgan fingerprint density at radius 3 is 2.36 bits per heavy atom. The van der Waals surface area contributed by atoms with Crippen molar-refractivity contribution in [3.8, 4) is 5.75 Å². The summed E-state index contributed by atoms with van der Waals surface area (Å²) in [5.41, 5.74) is 4.40. The first-order chi connectivity index (χ1) is 15.8. The highest BCUT2D eigenvalue weighted by molar-refractivity contribution is 6.07. The number of hydrogen-bond donors (Lipinski definition) is 0. The summed E-state index contributed by atoms with van der Waals surface area (Å²) in [6.07, 6.45) is 1.47. The highest BCUT2D eigenvalue weighted by atomic mass is 16.5. The van der Waals surface area contributed by atoms with Gasteiger partial charge in [-0.3, -0.25) is 14.5 Å². The zero-order valence-electron chi connectivity index (χ0n) is 20.4. The molecule has 0 saturated carbocycles. The van der Waals surface area contributed by atoms with Crippen LogP contribution < -0.4 is 14.5 Å². The number of rotatable bonds is 6. The van der Waals surface area contributed by atoms with E-state index in [2.05, 4.69) is 56.9 Å². The van der Waals surface area contributed by atoms with Crippen molar-refractivity contribution in [1.29, 1.82) is 0 Å². The normalized spacial score (nSPS) is 20.0. The Labute approximate surface area is 197 Å². The van der Waals surface area contributed by atoms with Crippen LogP contribution >= 0.6 is 0 Å². The number of Topliss-reactive ketones (excluding diaryl/α,β-unsaturated/α-hetero) is 1. The molecule has 33 heavy (non-hydrogen) atoms. The predicted molar refractivity (Wildman–Crippen MR) is 133 cm³/mol. The molecule has 0 spiro atoms. The van der Waals surface area contributed by atoms with E-state index in [-0.39, 0.29) is 29.4 Å². The van der Waals surface area contributed by atoms with Crippen LogP contribution in [-0.4, -0.2) is 31.9 Å². The van der Waals surface area contributed by atoms with E-state index in [9.17, 15) is 9.59 Å². The summed E-state index contributed by atoms with van der Waals surface area (Å²) in [4.78, 5) is 31.1. The minimum atomic E-state index is -0.205. The van der Waals surface area contributed by atoms with Crippen molar-refractivity contribution in [3.63, 3.8) is 0 Å². The van der Waals surface area contributed by atoms with Gasteiger partial charge in [-0.2, -0.15) is 0 Å². The molecule has 174 valence electrons. The van der Waals surface area contributed by atoms with Crippen LogP contribution in [0.25, 0.3) is 0 Å². The summed E-state index contributed by atoms with van der Waals surface area (Å²) in [6, 6.07) is 15.9. The number of anilines is 2. The molecular weight excluding hydrogens is 412 g/mol. The molecule has 1 aliphatic heterocycles. The van der Waals surface area contributed by atoms with Crippen LogP contribution in [0, 0.1) is 5.41 Å². The van der Waals surface area contributed by atoms with E-state index in [0.717, 1.165) is 41.3 Å². The summed E-state index contributed by atoms with van der Waals surface area (Å²) in [7, 11) is 1.62. The van der Waals surface area contributed by atoms with Crippen LogP contribution in [0.3, 0.4) is 0 Å². The van der Waals surface area contributed by atoms with Crippen LogP contribution in [0.5, 0.6) is 5.75 Å². The van der Waals surface area contributed by atoms with Gasteiger partial charge in [0.25, 0.3) is 0 Å². The van der Waals surface area contributed by atoms with Gasteiger partial charge < -0.3 is 9.64 Å². The minimum absolute atomic E-state index is 0.0188. The van der Waals surface area contributed by atoms with Gasteiger partial charge in [0.2, 0.25) is 5.91 Å². The van der Waals surface area contributed by atoms with Crippen molar-refractivity contribution in [2.75, 3.05) is 30.0 Å². The van der Waals surface area contributed by atoms with E-state index in [4.69, 9.17) is 4.74 Å². The van der Waals surface area contributed by atoms with Gasteiger partial charge in [0, 0.05) is 54.9 Å². The number of hydrogen-bond acceptors (Lipinski definition) is 4. The van der Waals surface area contributed by atoms with Crippen molar-refractivity contribution in [2.24, 2.45) is 5.41 Å². The molecule has 0 radical (unpaired) electrons. The number of ether oxygens (including phenoxy) is 1. The maximum absolute atomic E-state index is 13.5. The minimum Gasteiger partial charge on any atom is -0.497 e. The first-order valence-electron chi connectivity index (χ1n) is 11.9. The molecule has 1 aliphatic carbocycles. The number of carbonyl (C=O) groups excluding carboxylic acids is 2. The van der Waals surface area contributed by atoms with Crippen LogP contribution in [0.4, 0.5) is 11.4 Å². The van der Waals surface area contributed by atoms with Crippen molar-refractivity contribution in [1.82, 2.24) is 0 Å². The van der Waals surface area contributed by atoms with E-state index < -0.39 is 0 Å². The Balaban J connectivity index is 1.81. The average Bonchev–Trinajstić information content (AvgIpc) is 2.79. The number of amides is 1. The fraction of sp³-hybridized carbons (Fsp3) is 0.429. The van der Waals surface area contributed by atoms with Crippen LogP contribution in [0.1, 0.15) is 58.4 Å². The Kier molecular flexibility index (Phi) is 6.33. The second kappa shape index (κ2) is 9.05. The fourth-order valence-corrected chi connectivity index (χ4v) is 5.26. The smallest absolute Gasteiger partial charge is 0.232 e. The first kappa shape index (κ1) is 23.1. The Morgan fingerprint density at radius 2 is 1.73 bits per heavy atom. The Bertz CT molecular complexity index is 1080. The second-order valence-corrected chi connectivity index (χ2v) is 9.75. The van der Waals surface area contributed by atoms with E-state index in [1.807, 2.05) is 24.3 Å². The van der Waals surface area contributed by atoms with Crippen molar-refractivity contribution < 1.29 is 14.3 Å². The number of ketones is 1. The lowest BCUT2D eigenvalue weighted by Crippen LogP contribution is -2.43. The molecular formula is C28H34N2O3. The molecule has 1 atom stereocenters. The quantitative estimate of drug-likeness (QED) is 0.571. The lowest BCUT2D eigenvalue weighted by molar-refractivity contribution is -0.121. The van der Waals surface area contributed by atoms with Gasteiger partial charge in [-0.25, -0.2) is 0 Å². The number of carbonyl (C=O) groups is 2.